The van der Waals surface area contributed by atoms with Crippen LogP contribution in [0, 0.1) is 5.92 Å². The molecule has 7 heteroatoms. The molecule has 1 aromatic rings. The first-order valence-electron chi connectivity index (χ1n) is 8.84. The van der Waals surface area contributed by atoms with Gasteiger partial charge < -0.3 is 5.32 Å². The molecule has 1 heterocycles. The SMILES string of the molecule is CCCC(C)NC(=O)C1CCN(S(=O)(=O)Cc2ccc(Cl)cc2)CC1. The summed E-state index contributed by atoms with van der Waals surface area (Å²) in [6, 6.07) is 7.02. The monoisotopic (exact) mass is 386 g/mol. The number of benzene rings is 1. The van der Waals surface area contributed by atoms with Gasteiger partial charge in [0.2, 0.25) is 15.9 Å². The molecular weight excluding hydrogens is 360 g/mol. The van der Waals surface area contributed by atoms with Crippen molar-refractivity contribution in [3.05, 3.63) is 34.9 Å². The first-order valence-corrected chi connectivity index (χ1v) is 10.8. The summed E-state index contributed by atoms with van der Waals surface area (Å²) in [5.41, 5.74) is 0.720. The molecule has 0 radical (unpaired) electrons. The minimum absolute atomic E-state index is 0.0332. The van der Waals surface area contributed by atoms with Crippen LogP contribution >= 0.6 is 11.6 Å². The van der Waals surface area contributed by atoms with Gasteiger partial charge >= 0.3 is 0 Å². The van der Waals surface area contributed by atoms with Crippen molar-refractivity contribution in [2.75, 3.05) is 13.1 Å². The fourth-order valence-corrected chi connectivity index (χ4v) is 4.83. The molecule has 1 amide bonds. The summed E-state index contributed by atoms with van der Waals surface area (Å²) in [4.78, 5) is 12.3. The second kappa shape index (κ2) is 9.01. The molecule has 1 aliphatic heterocycles. The van der Waals surface area contributed by atoms with Crippen molar-refractivity contribution in [2.24, 2.45) is 5.92 Å². The second-order valence-electron chi connectivity index (χ2n) is 6.75. The number of rotatable bonds is 7. The Labute approximate surface area is 155 Å². The minimum atomic E-state index is -3.37. The molecule has 0 aromatic heterocycles. The van der Waals surface area contributed by atoms with Gasteiger partial charge in [0.05, 0.1) is 5.75 Å². The maximum atomic E-state index is 12.6. The predicted molar refractivity (Wildman–Crippen MR) is 101 cm³/mol. The van der Waals surface area contributed by atoms with E-state index in [9.17, 15) is 13.2 Å². The number of carbonyl (C=O) groups is 1. The van der Waals surface area contributed by atoms with E-state index in [0.717, 1.165) is 18.4 Å². The Balaban J connectivity index is 1.88. The van der Waals surface area contributed by atoms with E-state index in [4.69, 9.17) is 11.6 Å². The van der Waals surface area contributed by atoms with Crippen LogP contribution in [-0.2, 0) is 20.6 Å². The summed E-state index contributed by atoms with van der Waals surface area (Å²) in [6.07, 6.45) is 3.14. The second-order valence-corrected chi connectivity index (χ2v) is 9.16. The average Bonchev–Trinajstić information content (AvgIpc) is 2.57. The van der Waals surface area contributed by atoms with Crippen molar-refractivity contribution >= 4 is 27.5 Å². The Kier molecular flexibility index (Phi) is 7.28. The molecule has 1 unspecified atom stereocenters. The topological polar surface area (TPSA) is 66.5 Å². The zero-order chi connectivity index (χ0) is 18.4. The first kappa shape index (κ1) is 20.2. The van der Waals surface area contributed by atoms with Crippen LogP contribution in [0.4, 0.5) is 0 Å². The molecule has 0 aliphatic carbocycles. The van der Waals surface area contributed by atoms with Gasteiger partial charge in [0, 0.05) is 30.1 Å². The van der Waals surface area contributed by atoms with Crippen molar-refractivity contribution < 1.29 is 13.2 Å². The summed E-state index contributed by atoms with van der Waals surface area (Å²) < 4.78 is 26.6. The maximum Gasteiger partial charge on any atom is 0.223 e. The highest BCUT2D eigenvalue weighted by Gasteiger charge is 2.31. The van der Waals surface area contributed by atoms with Gasteiger partial charge in [0.15, 0.2) is 0 Å². The van der Waals surface area contributed by atoms with Crippen molar-refractivity contribution in [1.29, 1.82) is 0 Å². The number of piperidine rings is 1. The Morgan fingerprint density at radius 1 is 1.28 bits per heavy atom. The number of sulfonamides is 1. The lowest BCUT2D eigenvalue weighted by molar-refractivity contribution is -0.126. The highest BCUT2D eigenvalue weighted by atomic mass is 35.5. The van der Waals surface area contributed by atoms with E-state index in [1.165, 1.54) is 4.31 Å². The first-order chi connectivity index (χ1) is 11.8. The lowest BCUT2D eigenvalue weighted by Gasteiger charge is -2.31. The van der Waals surface area contributed by atoms with Gasteiger partial charge in [-0.2, -0.15) is 0 Å². The highest BCUT2D eigenvalue weighted by molar-refractivity contribution is 7.88. The molecule has 140 valence electrons. The fourth-order valence-electron chi connectivity index (χ4n) is 3.14. The average molecular weight is 387 g/mol. The third-order valence-corrected chi connectivity index (χ3v) is 6.69. The van der Waals surface area contributed by atoms with E-state index in [2.05, 4.69) is 12.2 Å². The normalized spacial score (nSPS) is 18.0. The summed E-state index contributed by atoms with van der Waals surface area (Å²) in [5, 5.41) is 3.62. The van der Waals surface area contributed by atoms with E-state index >= 15 is 0 Å². The van der Waals surface area contributed by atoms with Crippen molar-refractivity contribution in [1.82, 2.24) is 9.62 Å². The molecule has 1 N–H and O–H groups in total. The fraction of sp³-hybridized carbons (Fsp3) is 0.611. The molecule has 5 nitrogen and oxygen atoms in total. The third kappa shape index (κ3) is 5.97. The van der Waals surface area contributed by atoms with Crippen molar-refractivity contribution in [3.63, 3.8) is 0 Å². The van der Waals surface area contributed by atoms with Crippen LogP contribution in [0.3, 0.4) is 0 Å². The maximum absolute atomic E-state index is 12.6. The molecule has 25 heavy (non-hydrogen) atoms. The number of nitrogens with zero attached hydrogens (tertiary/aromatic N) is 1. The lowest BCUT2D eigenvalue weighted by Crippen LogP contribution is -2.45. The van der Waals surface area contributed by atoms with Gasteiger partial charge in [0.25, 0.3) is 0 Å². The van der Waals surface area contributed by atoms with Crippen LogP contribution in [0.5, 0.6) is 0 Å². The van der Waals surface area contributed by atoms with Gasteiger partial charge in [-0.25, -0.2) is 12.7 Å². The predicted octanol–water partition coefficient (Wildman–Crippen LogP) is 3.19. The van der Waals surface area contributed by atoms with E-state index in [0.29, 0.717) is 31.0 Å². The molecule has 1 fully saturated rings. The zero-order valence-corrected chi connectivity index (χ0v) is 16.4. The van der Waals surface area contributed by atoms with Crippen LogP contribution in [-0.4, -0.2) is 37.8 Å². The number of carbonyl (C=O) groups excluding carboxylic acids is 1. The lowest BCUT2D eigenvalue weighted by atomic mass is 9.96. The van der Waals surface area contributed by atoms with Gasteiger partial charge in [0.1, 0.15) is 0 Å². The van der Waals surface area contributed by atoms with Gasteiger partial charge in [-0.05, 0) is 43.9 Å². The zero-order valence-electron chi connectivity index (χ0n) is 14.9. The number of hydrogen-bond acceptors (Lipinski definition) is 3. The van der Waals surface area contributed by atoms with E-state index in [-0.39, 0.29) is 23.6 Å². The number of hydrogen-bond donors (Lipinski definition) is 1. The van der Waals surface area contributed by atoms with Gasteiger partial charge in [-0.3, -0.25) is 4.79 Å². The smallest absolute Gasteiger partial charge is 0.223 e. The molecule has 0 spiro atoms. The number of amides is 1. The Morgan fingerprint density at radius 3 is 2.44 bits per heavy atom. The molecule has 0 saturated carbocycles. The highest BCUT2D eigenvalue weighted by Crippen LogP contribution is 2.22. The number of halogens is 1. The van der Waals surface area contributed by atoms with Gasteiger partial charge in [-0.15, -0.1) is 0 Å². The van der Waals surface area contributed by atoms with E-state index < -0.39 is 10.0 Å². The Bertz CT molecular complexity index is 668. The third-order valence-electron chi connectivity index (χ3n) is 4.59. The molecule has 1 aromatic carbocycles. The van der Waals surface area contributed by atoms with Crippen molar-refractivity contribution in [3.8, 4) is 0 Å². The molecule has 1 saturated heterocycles. The molecule has 0 bridgehead atoms. The number of nitrogens with one attached hydrogen (secondary N) is 1. The Morgan fingerprint density at radius 2 is 1.88 bits per heavy atom. The van der Waals surface area contributed by atoms with E-state index in [1.54, 1.807) is 24.3 Å². The summed E-state index contributed by atoms with van der Waals surface area (Å²) in [5.74, 6) is -0.0776. The van der Waals surface area contributed by atoms with Gasteiger partial charge in [-0.1, -0.05) is 37.1 Å². The molecule has 2 rings (SSSR count). The minimum Gasteiger partial charge on any atom is -0.353 e. The largest absolute Gasteiger partial charge is 0.353 e. The molecular formula is C18H27ClN2O3S. The Hall–Kier alpha value is -1.11. The molecule has 1 atom stereocenters. The van der Waals surface area contributed by atoms with Crippen LogP contribution < -0.4 is 5.32 Å². The summed E-state index contributed by atoms with van der Waals surface area (Å²) in [7, 11) is -3.37. The standard InChI is InChI=1S/C18H27ClN2O3S/c1-3-4-14(2)20-18(22)16-9-11-21(12-10-16)25(23,24)13-15-5-7-17(19)8-6-15/h5-8,14,16H,3-4,9-13H2,1-2H3,(H,20,22). The van der Waals surface area contributed by atoms with E-state index in [1.807, 2.05) is 6.92 Å². The quantitative estimate of drug-likeness (QED) is 0.782. The summed E-state index contributed by atoms with van der Waals surface area (Å²) >= 11 is 5.84. The van der Waals surface area contributed by atoms with Crippen LogP contribution in [0.1, 0.15) is 45.1 Å². The van der Waals surface area contributed by atoms with Crippen molar-refractivity contribution in [2.45, 2.75) is 51.3 Å². The van der Waals surface area contributed by atoms with Crippen LogP contribution in [0.15, 0.2) is 24.3 Å². The summed E-state index contributed by atoms with van der Waals surface area (Å²) in [6.45, 7) is 4.89. The van der Waals surface area contributed by atoms with Crippen LogP contribution in [0.2, 0.25) is 5.02 Å². The van der Waals surface area contributed by atoms with Crippen LogP contribution in [0.25, 0.3) is 0 Å². The molecule has 1 aliphatic rings.